The summed E-state index contributed by atoms with van der Waals surface area (Å²) in [6.45, 7) is 5.17. The molecule has 21 heavy (non-hydrogen) atoms. The quantitative estimate of drug-likeness (QED) is 0.779. The first-order valence-corrected chi connectivity index (χ1v) is 9.04. The molecule has 2 rings (SSSR count). The van der Waals surface area contributed by atoms with Crippen molar-refractivity contribution in [2.45, 2.75) is 68.7 Å². The van der Waals surface area contributed by atoms with Crippen LogP contribution in [0.5, 0.6) is 0 Å². The van der Waals surface area contributed by atoms with E-state index in [4.69, 9.17) is 0 Å². The molecule has 1 aromatic rings. The number of sulfone groups is 1. The molecular weight excluding hydrogens is 284 g/mol. The third-order valence-corrected chi connectivity index (χ3v) is 6.32. The summed E-state index contributed by atoms with van der Waals surface area (Å²) in [6.07, 6.45) is 5.61. The normalized spacial score (nSPS) is 18.2. The smallest absolute Gasteiger partial charge is 0.205 e. The molecule has 1 fully saturated rings. The molecule has 0 atom stereocenters. The molecule has 0 heterocycles. The van der Waals surface area contributed by atoms with E-state index in [-0.39, 0.29) is 6.04 Å². The fourth-order valence-corrected chi connectivity index (χ4v) is 3.70. The molecule has 5 heteroatoms. The van der Waals surface area contributed by atoms with Gasteiger partial charge in [0.05, 0.1) is 10.9 Å². The molecule has 0 saturated heterocycles. The van der Waals surface area contributed by atoms with E-state index in [0.29, 0.717) is 4.90 Å². The predicted molar refractivity (Wildman–Crippen MR) is 84.2 cm³/mol. The molecule has 4 nitrogen and oxygen atoms in total. The lowest BCUT2D eigenvalue weighted by molar-refractivity contribution is 0.418. The maximum atomic E-state index is 12.7. The Balaban J connectivity index is 2.20. The minimum absolute atomic E-state index is 0.186. The molecule has 0 N–H and O–H groups in total. The molecule has 0 amide bonds. The van der Waals surface area contributed by atoms with Gasteiger partial charge in [-0.2, -0.15) is 10.2 Å². The van der Waals surface area contributed by atoms with E-state index in [1.165, 1.54) is 6.42 Å². The number of rotatable bonds is 4. The Kier molecular flexibility index (Phi) is 4.81. The van der Waals surface area contributed by atoms with E-state index < -0.39 is 14.7 Å². The van der Waals surface area contributed by atoms with Crippen molar-refractivity contribution in [1.82, 2.24) is 0 Å². The first kappa shape index (κ1) is 16.1. The van der Waals surface area contributed by atoms with Gasteiger partial charge in [0.25, 0.3) is 0 Å². The Morgan fingerprint density at radius 3 is 2.19 bits per heavy atom. The third kappa shape index (κ3) is 3.70. The van der Waals surface area contributed by atoms with E-state index in [9.17, 15) is 8.42 Å². The zero-order valence-electron chi connectivity index (χ0n) is 13.0. The Bertz CT molecular complexity index is 598. The number of nitrogens with zero attached hydrogens (tertiary/aromatic N) is 2. The number of hydrogen-bond acceptors (Lipinski definition) is 4. The highest BCUT2D eigenvalue weighted by Gasteiger charge is 2.36. The van der Waals surface area contributed by atoms with Crippen molar-refractivity contribution in [3.05, 3.63) is 29.8 Å². The van der Waals surface area contributed by atoms with Gasteiger partial charge in [-0.25, -0.2) is 8.42 Å². The van der Waals surface area contributed by atoms with Crippen molar-refractivity contribution >= 4 is 9.84 Å². The lowest BCUT2D eigenvalue weighted by atomic mass is 9.96. The van der Waals surface area contributed by atoms with E-state index in [1.54, 1.807) is 38.1 Å². The molecule has 0 bridgehead atoms. The van der Waals surface area contributed by atoms with Crippen LogP contribution in [-0.2, 0) is 9.84 Å². The van der Waals surface area contributed by atoms with E-state index in [0.717, 1.165) is 31.2 Å². The van der Waals surface area contributed by atoms with E-state index in [1.807, 2.05) is 6.92 Å². The topological polar surface area (TPSA) is 58.9 Å². The fraction of sp³-hybridized carbons (Fsp3) is 0.625. The van der Waals surface area contributed by atoms with Gasteiger partial charge in [0, 0.05) is 0 Å². The van der Waals surface area contributed by atoms with Gasteiger partial charge >= 0.3 is 0 Å². The van der Waals surface area contributed by atoms with Crippen molar-refractivity contribution in [1.29, 1.82) is 0 Å². The van der Waals surface area contributed by atoms with Gasteiger partial charge in [0.2, 0.25) is 9.84 Å². The Labute approximate surface area is 127 Å². The third-order valence-electron chi connectivity index (χ3n) is 4.03. The molecule has 1 aromatic carbocycles. The molecule has 0 aliphatic heterocycles. The zero-order valence-corrected chi connectivity index (χ0v) is 13.9. The standard InChI is InChI=1S/C16H24N2O2S/c1-13-9-11-15(12-10-13)21(19,20)16(2,3)18-17-14-7-5-4-6-8-14/h9-12,14H,4-8H2,1-3H3/b18-17+. The molecule has 1 saturated carbocycles. The lowest BCUT2D eigenvalue weighted by Crippen LogP contribution is -2.30. The summed E-state index contributed by atoms with van der Waals surface area (Å²) in [5, 5.41) is 8.50. The Morgan fingerprint density at radius 1 is 1.05 bits per heavy atom. The van der Waals surface area contributed by atoms with Crippen LogP contribution in [0.15, 0.2) is 39.4 Å². The second-order valence-electron chi connectivity index (χ2n) is 6.27. The summed E-state index contributed by atoms with van der Waals surface area (Å²) >= 11 is 0. The van der Waals surface area contributed by atoms with Gasteiger partial charge in [-0.15, -0.1) is 0 Å². The van der Waals surface area contributed by atoms with Crippen LogP contribution in [-0.4, -0.2) is 19.3 Å². The average Bonchev–Trinajstić information content (AvgIpc) is 2.46. The van der Waals surface area contributed by atoms with Crippen LogP contribution in [0, 0.1) is 6.92 Å². The van der Waals surface area contributed by atoms with Crippen molar-refractivity contribution < 1.29 is 8.42 Å². The number of aryl methyl sites for hydroxylation is 1. The average molecular weight is 308 g/mol. The molecule has 0 spiro atoms. The second-order valence-corrected chi connectivity index (χ2v) is 8.75. The summed E-state index contributed by atoms with van der Waals surface area (Å²) in [5.74, 6) is 0. The molecule has 0 aromatic heterocycles. The molecule has 0 radical (unpaired) electrons. The van der Waals surface area contributed by atoms with Gasteiger partial charge < -0.3 is 0 Å². The number of azo groups is 1. The maximum absolute atomic E-state index is 12.7. The lowest BCUT2D eigenvalue weighted by Gasteiger charge is -2.22. The van der Waals surface area contributed by atoms with Crippen LogP contribution in [0.25, 0.3) is 0 Å². The van der Waals surface area contributed by atoms with Gasteiger partial charge in [-0.1, -0.05) is 37.0 Å². The van der Waals surface area contributed by atoms with Crippen molar-refractivity contribution in [2.24, 2.45) is 10.2 Å². The number of benzene rings is 1. The zero-order chi connectivity index (χ0) is 15.5. The summed E-state index contributed by atoms with van der Waals surface area (Å²) < 4.78 is 25.4. The second kappa shape index (κ2) is 6.26. The maximum Gasteiger partial charge on any atom is 0.205 e. The SMILES string of the molecule is Cc1ccc(S(=O)(=O)C(C)(C)/N=N/C2CCCCC2)cc1. The molecule has 116 valence electrons. The first-order valence-electron chi connectivity index (χ1n) is 7.56. The predicted octanol–water partition coefficient (Wildman–Crippen LogP) is 4.29. The minimum atomic E-state index is -3.52. The van der Waals surface area contributed by atoms with Crippen LogP contribution in [0.1, 0.15) is 51.5 Å². The summed E-state index contributed by atoms with van der Waals surface area (Å²) in [6, 6.07) is 7.08. The van der Waals surface area contributed by atoms with Crippen molar-refractivity contribution in [2.75, 3.05) is 0 Å². The highest BCUT2D eigenvalue weighted by Crippen LogP contribution is 2.29. The van der Waals surface area contributed by atoms with Crippen molar-refractivity contribution in [3.8, 4) is 0 Å². The highest BCUT2D eigenvalue weighted by molar-refractivity contribution is 7.92. The first-order chi connectivity index (χ1) is 9.83. The Morgan fingerprint density at radius 2 is 1.62 bits per heavy atom. The van der Waals surface area contributed by atoms with Gasteiger partial charge in [-0.3, -0.25) is 0 Å². The molecule has 0 unspecified atom stereocenters. The van der Waals surface area contributed by atoms with Gasteiger partial charge in [0.1, 0.15) is 0 Å². The molecule has 1 aliphatic carbocycles. The summed E-state index contributed by atoms with van der Waals surface area (Å²) in [7, 11) is -3.52. The molecular formula is C16H24N2O2S. The Hall–Kier alpha value is -1.23. The van der Waals surface area contributed by atoms with Gasteiger partial charge in [-0.05, 0) is 45.7 Å². The van der Waals surface area contributed by atoms with E-state index in [2.05, 4.69) is 10.2 Å². The molecule has 1 aliphatic rings. The minimum Gasteiger partial charge on any atom is -0.221 e. The van der Waals surface area contributed by atoms with Crippen LogP contribution < -0.4 is 0 Å². The van der Waals surface area contributed by atoms with Crippen LogP contribution in [0.2, 0.25) is 0 Å². The monoisotopic (exact) mass is 308 g/mol. The van der Waals surface area contributed by atoms with Gasteiger partial charge in [0.15, 0.2) is 4.87 Å². The number of hydrogen-bond donors (Lipinski definition) is 0. The van der Waals surface area contributed by atoms with Crippen molar-refractivity contribution in [3.63, 3.8) is 0 Å². The highest BCUT2D eigenvalue weighted by atomic mass is 32.2. The van der Waals surface area contributed by atoms with Crippen LogP contribution in [0.3, 0.4) is 0 Å². The largest absolute Gasteiger partial charge is 0.221 e. The summed E-state index contributed by atoms with van der Waals surface area (Å²) in [4.78, 5) is -0.916. The van der Waals surface area contributed by atoms with Crippen LogP contribution >= 0.6 is 0 Å². The van der Waals surface area contributed by atoms with Crippen LogP contribution in [0.4, 0.5) is 0 Å². The summed E-state index contributed by atoms with van der Waals surface area (Å²) in [5.41, 5.74) is 1.04. The fourth-order valence-electron chi connectivity index (χ4n) is 2.48. The van der Waals surface area contributed by atoms with E-state index >= 15 is 0 Å².